The lowest BCUT2D eigenvalue weighted by Crippen LogP contribution is -2.22. The third-order valence-corrected chi connectivity index (χ3v) is 3.78. The first-order chi connectivity index (χ1) is 11.4. The van der Waals surface area contributed by atoms with E-state index in [-0.39, 0.29) is 24.3 Å². The van der Waals surface area contributed by atoms with Crippen molar-refractivity contribution in [3.8, 4) is 0 Å². The number of benzene rings is 1. The number of esters is 2. The minimum absolute atomic E-state index is 0.141. The second-order valence-electron chi connectivity index (χ2n) is 5.45. The Morgan fingerprint density at radius 3 is 1.50 bits per heavy atom. The van der Waals surface area contributed by atoms with Crippen LogP contribution in [0, 0.1) is 13.8 Å². The standard InChI is InChI=1S/C19H20O5/c1-5-23-18(21)15-9-13-7-11(3)12(4)8-14(13)10-16(17(15)20)19(22)24-6-2/h7-10H,5-6H2,1-4H3. The minimum atomic E-state index is -0.747. The van der Waals surface area contributed by atoms with Crippen molar-refractivity contribution in [3.63, 3.8) is 0 Å². The van der Waals surface area contributed by atoms with E-state index in [0.717, 1.165) is 11.1 Å². The molecule has 0 N–H and O–H groups in total. The van der Waals surface area contributed by atoms with Crippen LogP contribution in [0.25, 0.3) is 10.8 Å². The molecule has 0 fully saturated rings. The maximum absolute atomic E-state index is 12.7. The van der Waals surface area contributed by atoms with Crippen LogP contribution in [-0.4, -0.2) is 25.2 Å². The Labute approximate surface area is 140 Å². The van der Waals surface area contributed by atoms with Gasteiger partial charge in [0, 0.05) is 0 Å². The summed E-state index contributed by atoms with van der Waals surface area (Å²) < 4.78 is 9.91. The fourth-order valence-electron chi connectivity index (χ4n) is 2.42. The number of rotatable bonds is 4. The van der Waals surface area contributed by atoms with E-state index < -0.39 is 17.4 Å². The van der Waals surface area contributed by atoms with Crippen molar-refractivity contribution in [3.05, 3.63) is 56.7 Å². The molecule has 0 spiro atoms. The number of aryl methyl sites for hydroxylation is 2. The smallest absolute Gasteiger partial charge is 0.342 e. The predicted octanol–water partition coefficient (Wildman–Crippen LogP) is 3.17. The maximum atomic E-state index is 12.7. The molecule has 126 valence electrons. The quantitative estimate of drug-likeness (QED) is 0.806. The monoisotopic (exact) mass is 328 g/mol. The first-order valence-electron chi connectivity index (χ1n) is 7.82. The van der Waals surface area contributed by atoms with E-state index >= 15 is 0 Å². The van der Waals surface area contributed by atoms with Gasteiger partial charge in [-0.05, 0) is 61.7 Å². The first-order valence-corrected chi connectivity index (χ1v) is 7.82. The van der Waals surface area contributed by atoms with Gasteiger partial charge < -0.3 is 9.47 Å². The van der Waals surface area contributed by atoms with Crippen molar-refractivity contribution in [1.29, 1.82) is 0 Å². The fourth-order valence-corrected chi connectivity index (χ4v) is 2.42. The van der Waals surface area contributed by atoms with Crippen LogP contribution < -0.4 is 5.43 Å². The van der Waals surface area contributed by atoms with E-state index in [9.17, 15) is 14.4 Å². The fraction of sp³-hybridized carbons (Fsp3) is 0.316. The van der Waals surface area contributed by atoms with Crippen LogP contribution >= 0.6 is 0 Å². The average molecular weight is 328 g/mol. The maximum Gasteiger partial charge on any atom is 0.342 e. The lowest BCUT2D eigenvalue weighted by molar-refractivity contribution is 0.0523. The Hall–Kier alpha value is -2.69. The summed E-state index contributed by atoms with van der Waals surface area (Å²) in [6, 6.07) is 6.71. The first kappa shape index (κ1) is 17.7. The summed E-state index contributed by atoms with van der Waals surface area (Å²) >= 11 is 0. The van der Waals surface area contributed by atoms with Crippen LogP contribution in [0.4, 0.5) is 0 Å². The van der Waals surface area contributed by atoms with Crippen LogP contribution in [0.3, 0.4) is 0 Å². The van der Waals surface area contributed by atoms with E-state index in [4.69, 9.17) is 9.47 Å². The molecule has 0 radical (unpaired) electrons. The SMILES string of the molecule is CCOC(=O)c1cc2cc(C)c(C)cc2cc(C(=O)OCC)c1=O. The summed E-state index contributed by atoms with van der Waals surface area (Å²) in [6.07, 6.45) is 0. The van der Waals surface area contributed by atoms with Crippen LogP contribution in [0.15, 0.2) is 29.1 Å². The molecule has 0 aliphatic rings. The Bertz CT molecular complexity index is 798. The van der Waals surface area contributed by atoms with Crippen molar-refractivity contribution in [2.24, 2.45) is 0 Å². The van der Waals surface area contributed by atoms with Gasteiger partial charge in [0.05, 0.1) is 13.2 Å². The summed E-state index contributed by atoms with van der Waals surface area (Å²) in [5, 5.41) is 1.38. The summed E-state index contributed by atoms with van der Waals surface area (Å²) in [4.78, 5) is 37.0. The predicted molar refractivity (Wildman–Crippen MR) is 91.6 cm³/mol. The van der Waals surface area contributed by atoms with Gasteiger partial charge in [-0.2, -0.15) is 0 Å². The van der Waals surface area contributed by atoms with E-state index in [1.807, 2.05) is 26.0 Å². The van der Waals surface area contributed by atoms with E-state index in [1.165, 1.54) is 12.1 Å². The molecule has 5 heteroatoms. The van der Waals surface area contributed by atoms with Gasteiger partial charge in [-0.3, -0.25) is 4.79 Å². The van der Waals surface area contributed by atoms with Gasteiger partial charge in [0.1, 0.15) is 11.1 Å². The average Bonchev–Trinajstić information content (AvgIpc) is 2.66. The molecule has 0 bridgehead atoms. The highest BCUT2D eigenvalue weighted by Gasteiger charge is 2.19. The van der Waals surface area contributed by atoms with E-state index in [1.54, 1.807) is 13.8 Å². The lowest BCUT2D eigenvalue weighted by atomic mass is 10.0. The molecule has 0 saturated carbocycles. The van der Waals surface area contributed by atoms with Gasteiger partial charge in [0.2, 0.25) is 5.43 Å². The third-order valence-electron chi connectivity index (χ3n) is 3.78. The molecule has 2 aromatic rings. The zero-order valence-electron chi connectivity index (χ0n) is 14.3. The molecule has 2 rings (SSSR count). The van der Waals surface area contributed by atoms with Crippen LogP contribution in [-0.2, 0) is 9.47 Å². The summed E-state index contributed by atoms with van der Waals surface area (Å²) in [5.74, 6) is -1.49. The van der Waals surface area contributed by atoms with Crippen molar-refractivity contribution >= 4 is 22.7 Å². The van der Waals surface area contributed by atoms with Gasteiger partial charge in [-0.15, -0.1) is 0 Å². The zero-order chi connectivity index (χ0) is 17.9. The Morgan fingerprint density at radius 1 is 0.792 bits per heavy atom. The molecule has 0 heterocycles. The van der Waals surface area contributed by atoms with Crippen molar-refractivity contribution in [2.45, 2.75) is 27.7 Å². The van der Waals surface area contributed by atoms with Crippen molar-refractivity contribution in [1.82, 2.24) is 0 Å². The molecular weight excluding hydrogens is 308 g/mol. The summed E-state index contributed by atoms with van der Waals surface area (Å²) in [7, 11) is 0. The molecule has 0 unspecified atom stereocenters. The molecule has 0 saturated heterocycles. The number of ether oxygens (including phenoxy) is 2. The zero-order valence-corrected chi connectivity index (χ0v) is 14.3. The molecule has 0 aliphatic heterocycles. The van der Waals surface area contributed by atoms with Gasteiger partial charge >= 0.3 is 11.9 Å². The van der Waals surface area contributed by atoms with E-state index in [2.05, 4.69) is 0 Å². The number of carbonyl (C=O) groups is 2. The van der Waals surface area contributed by atoms with Crippen molar-refractivity contribution in [2.75, 3.05) is 13.2 Å². The van der Waals surface area contributed by atoms with Crippen LogP contribution in [0.2, 0.25) is 0 Å². The minimum Gasteiger partial charge on any atom is -0.462 e. The van der Waals surface area contributed by atoms with Gasteiger partial charge in [0.15, 0.2) is 0 Å². The van der Waals surface area contributed by atoms with Crippen molar-refractivity contribution < 1.29 is 19.1 Å². The molecule has 2 aromatic carbocycles. The van der Waals surface area contributed by atoms with Gasteiger partial charge in [-0.1, -0.05) is 12.1 Å². The highest BCUT2D eigenvalue weighted by molar-refractivity contribution is 6.00. The molecule has 24 heavy (non-hydrogen) atoms. The third kappa shape index (κ3) is 3.45. The molecular formula is C19H20O5. The second-order valence-corrected chi connectivity index (χ2v) is 5.45. The summed E-state index contributed by atoms with van der Waals surface area (Å²) in [6.45, 7) is 7.47. The number of fused-ring (bicyclic) bond motifs is 1. The Balaban J connectivity index is 2.87. The molecule has 5 nitrogen and oxygen atoms in total. The molecule has 0 atom stereocenters. The molecule has 0 aliphatic carbocycles. The number of hydrogen-bond donors (Lipinski definition) is 0. The topological polar surface area (TPSA) is 69.7 Å². The normalized spacial score (nSPS) is 10.5. The number of hydrogen-bond acceptors (Lipinski definition) is 5. The van der Waals surface area contributed by atoms with Gasteiger partial charge in [-0.25, -0.2) is 9.59 Å². The Morgan fingerprint density at radius 2 is 1.17 bits per heavy atom. The van der Waals surface area contributed by atoms with Gasteiger partial charge in [0.25, 0.3) is 0 Å². The van der Waals surface area contributed by atoms with Crippen LogP contribution in [0.5, 0.6) is 0 Å². The second kappa shape index (κ2) is 7.25. The van der Waals surface area contributed by atoms with E-state index in [0.29, 0.717) is 10.8 Å². The molecule has 0 amide bonds. The Kier molecular flexibility index (Phi) is 5.34. The summed E-state index contributed by atoms with van der Waals surface area (Å²) in [5.41, 5.74) is 1.03. The molecule has 0 aromatic heterocycles. The highest BCUT2D eigenvalue weighted by Crippen LogP contribution is 2.20. The highest BCUT2D eigenvalue weighted by atomic mass is 16.5. The largest absolute Gasteiger partial charge is 0.462 e. The lowest BCUT2D eigenvalue weighted by Gasteiger charge is -2.02. The number of carbonyl (C=O) groups excluding carboxylic acids is 2. The van der Waals surface area contributed by atoms with Crippen LogP contribution in [0.1, 0.15) is 45.7 Å².